The predicted octanol–water partition coefficient (Wildman–Crippen LogP) is 12.2. The Hall–Kier alpha value is -1.80. The van der Waals surface area contributed by atoms with Crippen LogP contribution in [0.5, 0.6) is 0 Å². The Bertz CT molecular complexity index is 979. The van der Waals surface area contributed by atoms with E-state index in [9.17, 15) is 14.3 Å². The third-order valence-electron chi connectivity index (χ3n) is 8.45. The van der Waals surface area contributed by atoms with Gasteiger partial charge in [0.05, 0.1) is 19.8 Å². The maximum atomic E-state index is 12.5. The molecule has 302 valence electrons. The minimum atomic E-state index is -4.27. The van der Waals surface area contributed by atoms with Crippen LogP contribution >= 0.6 is 7.82 Å². The Morgan fingerprint density at radius 2 is 1.08 bits per heavy atom. The molecule has 52 heavy (non-hydrogen) atoms. The number of carbonyl (C=O) groups excluding carboxylic acids is 1. The summed E-state index contributed by atoms with van der Waals surface area (Å²) in [7, 11) is -4.27. The van der Waals surface area contributed by atoms with Crippen LogP contribution in [0.4, 0.5) is 0 Å². The van der Waals surface area contributed by atoms with E-state index in [0.717, 1.165) is 70.6 Å². The molecule has 0 radical (unpaired) electrons. The van der Waals surface area contributed by atoms with Crippen molar-refractivity contribution in [1.82, 2.24) is 0 Å². The molecule has 2 unspecified atom stereocenters. The van der Waals surface area contributed by atoms with Crippen LogP contribution in [0.25, 0.3) is 0 Å². The molecule has 0 aromatic rings. The zero-order valence-corrected chi connectivity index (χ0v) is 34.2. The van der Waals surface area contributed by atoms with Gasteiger partial charge in [-0.2, -0.15) is 0 Å². The van der Waals surface area contributed by atoms with E-state index in [4.69, 9.17) is 24.3 Å². The lowest BCUT2D eigenvalue weighted by molar-refractivity contribution is -0.154. The summed E-state index contributed by atoms with van der Waals surface area (Å²) in [4.78, 5) is 22.3. The molecule has 0 spiro atoms. The number of allylic oxidation sites excluding steroid dienone is 10. The van der Waals surface area contributed by atoms with Crippen molar-refractivity contribution in [3.05, 3.63) is 60.8 Å². The number of hydrogen-bond donors (Lipinski definition) is 2. The van der Waals surface area contributed by atoms with Crippen molar-refractivity contribution in [1.29, 1.82) is 0 Å². The summed E-state index contributed by atoms with van der Waals surface area (Å²) >= 11 is 0. The van der Waals surface area contributed by atoms with Crippen LogP contribution in [0, 0.1) is 0 Å². The Labute approximate surface area is 319 Å². The summed E-state index contributed by atoms with van der Waals surface area (Å²) < 4.78 is 33.3. The minimum Gasteiger partial charge on any atom is -0.457 e. The van der Waals surface area contributed by atoms with E-state index in [1.165, 1.54) is 77.0 Å². The lowest BCUT2D eigenvalue weighted by Gasteiger charge is -2.20. The Kier molecular flexibility index (Phi) is 39.0. The number of nitrogens with two attached hydrogens (primary N) is 1. The fourth-order valence-corrected chi connectivity index (χ4v) is 6.20. The smallest absolute Gasteiger partial charge is 0.457 e. The van der Waals surface area contributed by atoms with Gasteiger partial charge in [-0.1, -0.05) is 164 Å². The average molecular weight is 752 g/mol. The molecule has 8 nitrogen and oxygen atoms in total. The van der Waals surface area contributed by atoms with Gasteiger partial charge in [-0.3, -0.25) is 13.8 Å². The Balaban J connectivity index is 3.97. The van der Waals surface area contributed by atoms with E-state index in [-0.39, 0.29) is 32.3 Å². The molecule has 0 heterocycles. The summed E-state index contributed by atoms with van der Waals surface area (Å²) in [5.74, 6) is -0.339. The highest BCUT2D eigenvalue weighted by atomic mass is 31.2. The molecule has 0 aliphatic carbocycles. The second-order valence-electron chi connectivity index (χ2n) is 13.5. The second kappa shape index (κ2) is 40.4. The van der Waals surface area contributed by atoms with Gasteiger partial charge in [-0.05, 0) is 57.8 Å². The zero-order valence-electron chi connectivity index (χ0n) is 33.3. The first kappa shape index (κ1) is 50.2. The van der Waals surface area contributed by atoms with E-state index in [1.54, 1.807) is 0 Å². The third kappa shape index (κ3) is 39.4. The van der Waals surface area contributed by atoms with E-state index < -0.39 is 13.9 Å². The molecule has 0 aromatic heterocycles. The molecule has 0 aliphatic rings. The monoisotopic (exact) mass is 752 g/mol. The van der Waals surface area contributed by atoms with E-state index in [0.29, 0.717) is 13.0 Å². The van der Waals surface area contributed by atoms with Crippen molar-refractivity contribution < 1.29 is 32.8 Å². The molecule has 2 atom stereocenters. The van der Waals surface area contributed by atoms with Crippen molar-refractivity contribution in [3.8, 4) is 0 Å². The van der Waals surface area contributed by atoms with E-state index in [1.807, 2.05) is 0 Å². The van der Waals surface area contributed by atoms with Gasteiger partial charge in [0.1, 0.15) is 6.10 Å². The molecular weight excluding hydrogens is 673 g/mol. The van der Waals surface area contributed by atoms with Crippen molar-refractivity contribution in [2.24, 2.45) is 5.73 Å². The van der Waals surface area contributed by atoms with Crippen LogP contribution < -0.4 is 5.73 Å². The normalized spacial score (nSPS) is 14.2. The number of rotatable bonds is 39. The highest BCUT2D eigenvalue weighted by Crippen LogP contribution is 2.43. The number of hydrogen-bond acceptors (Lipinski definition) is 7. The molecule has 3 N–H and O–H groups in total. The summed E-state index contributed by atoms with van der Waals surface area (Å²) in [5, 5.41) is 0. The number of esters is 1. The summed E-state index contributed by atoms with van der Waals surface area (Å²) in [6.07, 6.45) is 48.2. The summed E-state index contributed by atoms with van der Waals surface area (Å²) in [5.41, 5.74) is 5.35. The number of carbonyl (C=O) groups is 1. The Morgan fingerprint density at radius 3 is 1.62 bits per heavy atom. The molecule has 0 fully saturated rings. The van der Waals surface area contributed by atoms with Gasteiger partial charge in [-0.15, -0.1) is 0 Å². The molecule has 0 rings (SSSR count). The van der Waals surface area contributed by atoms with Gasteiger partial charge in [0.25, 0.3) is 0 Å². The van der Waals surface area contributed by atoms with Crippen LogP contribution in [0.3, 0.4) is 0 Å². The van der Waals surface area contributed by atoms with Crippen LogP contribution in [0.1, 0.15) is 168 Å². The van der Waals surface area contributed by atoms with Gasteiger partial charge in [-0.25, -0.2) is 4.57 Å². The number of phosphoric ester groups is 1. The van der Waals surface area contributed by atoms with Gasteiger partial charge in [0.2, 0.25) is 0 Å². The molecule has 0 bridgehead atoms. The molecule has 0 aromatic carbocycles. The topological polar surface area (TPSA) is 117 Å². The lowest BCUT2D eigenvalue weighted by atomic mass is 10.1. The first-order chi connectivity index (χ1) is 25.4. The van der Waals surface area contributed by atoms with Crippen molar-refractivity contribution in [2.45, 2.75) is 174 Å². The predicted molar refractivity (Wildman–Crippen MR) is 219 cm³/mol. The fraction of sp³-hybridized carbons (Fsp3) is 0.744. The highest BCUT2D eigenvalue weighted by molar-refractivity contribution is 7.47. The maximum absolute atomic E-state index is 12.5. The van der Waals surface area contributed by atoms with E-state index in [2.05, 4.69) is 74.6 Å². The number of phosphoric acid groups is 1. The maximum Gasteiger partial charge on any atom is 0.472 e. The Morgan fingerprint density at radius 1 is 0.596 bits per heavy atom. The first-order valence-electron chi connectivity index (χ1n) is 20.8. The minimum absolute atomic E-state index is 0.0972. The van der Waals surface area contributed by atoms with Gasteiger partial charge < -0.3 is 20.1 Å². The van der Waals surface area contributed by atoms with Crippen LogP contribution in [0.2, 0.25) is 0 Å². The van der Waals surface area contributed by atoms with Crippen LogP contribution in [-0.2, 0) is 27.9 Å². The number of ether oxygens (including phenoxy) is 2. The van der Waals surface area contributed by atoms with Crippen molar-refractivity contribution >= 4 is 13.8 Å². The molecular formula is C43H78NO7P. The SMILES string of the molecule is CC/C=C\C/C=C\C/C=C\C/C=C\C/C=C\CCCCCCCCCCOCC(COP(=O)(O)OCCN)OC(=O)CCCCCCCCCCC. The standard InChI is InChI=1S/C43H78NO7P/c1-3-5-7-9-11-13-14-15-16-17-18-19-20-21-22-23-24-25-26-27-29-31-33-35-38-48-40-42(41-50-52(46,47)49-39-37-44)51-43(45)36-34-32-30-28-12-10-8-6-4-2/h5,7,11,13,15-16,18-19,21-22,42H,3-4,6,8-10,12,14,17,20,23-41,44H2,1-2H3,(H,46,47)/b7-5-,13-11-,16-15-,19-18-,22-21-. The quantitative estimate of drug-likeness (QED) is 0.0276. The van der Waals surface area contributed by atoms with E-state index >= 15 is 0 Å². The van der Waals surface area contributed by atoms with Crippen molar-refractivity contribution in [3.63, 3.8) is 0 Å². The molecule has 0 amide bonds. The molecule has 9 heteroatoms. The highest BCUT2D eigenvalue weighted by Gasteiger charge is 2.25. The van der Waals surface area contributed by atoms with Crippen LogP contribution in [-0.4, -0.2) is 49.9 Å². The first-order valence-corrected chi connectivity index (χ1v) is 22.3. The van der Waals surface area contributed by atoms with Crippen molar-refractivity contribution in [2.75, 3.05) is 33.0 Å². The summed E-state index contributed by atoms with van der Waals surface area (Å²) in [6, 6.07) is 0. The largest absolute Gasteiger partial charge is 0.472 e. The second-order valence-corrected chi connectivity index (χ2v) is 14.9. The zero-order chi connectivity index (χ0) is 38.1. The van der Waals surface area contributed by atoms with Gasteiger partial charge in [0.15, 0.2) is 0 Å². The molecule has 0 aliphatic heterocycles. The van der Waals surface area contributed by atoms with Gasteiger partial charge in [0, 0.05) is 19.6 Å². The molecule has 0 saturated carbocycles. The average Bonchev–Trinajstić information content (AvgIpc) is 3.13. The third-order valence-corrected chi connectivity index (χ3v) is 9.43. The van der Waals surface area contributed by atoms with Crippen LogP contribution in [0.15, 0.2) is 60.8 Å². The molecule has 0 saturated heterocycles. The fourth-order valence-electron chi connectivity index (χ4n) is 5.43. The lowest BCUT2D eigenvalue weighted by Crippen LogP contribution is -2.28. The number of unbranched alkanes of at least 4 members (excludes halogenated alkanes) is 16. The summed E-state index contributed by atoms with van der Waals surface area (Å²) in [6.45, 7) is 4.75. The van der Waals surface area contributed by atoms with Gasteiger partial charge >= 0.3 is 13.8 Å².